The Kier molecular flexibility index (Phi) is 3.48. The van der Waals surface area contributed by atoms with Gasteiger partial charge in [0.2, 0.25) is 0 Å². The molecule has 0 aromatic heterocycles. The molecule has 1 aromatic rings. The Morgan fingerprint density at radius 1 is 1.35 bits per heavy atom. The van der Waals surface area contributed by atoms with Gasteiger partial charge in [-0.1, -0.05) is 17.7 Å². The molecule has 3 heteroatoms. The van der Waals surface area contributed by atoms with Crippen molar-refractivity contribution in [1.82, 2.24) is 5.32 Å². The fraction of sp³-hybridized carbons (Fsp3) is 0.500. The van der Waals surface area contributed by atoms with Crippen LogP contribution in [0, 0.1) is 13.8 Å². The molecule has 2 rings (SSSR count). The lowest BCUT2D eigenvalue weighted by Gasteiger charge is -2.18. The van der Waals surface area contributed by atoms with E-state index < -0.39 is 0 Å². The molecular weight excluding hydrogens is 212 g/mol. The van der Waals surface area contributed by atoms with Crippen LogP contribution in [0.25, 0.3) is 0 Å². The van der Waals surface area contributed by atoms with Gasteiger partial charge in [0.15, 0.2) is 0 Å². The zero-order valence-corrected chi connectivity index (χ0v) is 10.5. The van der Waals surface area contributed by atoms with Crippen LogP contribution < -0.4 is 11.1 Å². The monoisotopic (exact) mass is 232 g/mol. The summed E-state index contributed by atoms with van der Waals surface area (Å²) in [6.07, 6.45) is 3.12. The third-order valence-corrected chi connectivity index (χ3v) is 3.52. The number of rotatable bonds is 2. The molecule has 1 aromatic carbocycles. The van der Waals surface area contributed by atoms with Crippen LogP contribution in [0.2, 0.25) is 0 Å². The first-order valence-corrected chi connectivity index (χ1v) is 6.21. The van der Waals surface area contributed by atoms with E-state index in [1.807, 2.05) is 32.0 Å². The molecule has 92 valence electrons. The second-order valence-corrected chi connectivity index (χ2v) is 4.99. The fourth-order valence-corrected chi connectivity index (χ4v) is 2.39. The summed E-state index contributed by atoms with van der Waals surface area (Å²) in [5.41, 5.74) is 8.85. The average Bonchev–Trinajstić information content (AvgIpc) is 2.68. The SMILES string of the molecule is Cc1ccc(C)c(C(=O)NC2CCCC2N)c1. The van der Waals surface area contributed by atoms with Crippen molar-refractivity contribution >= 4 is 5.91 Å². The van der Waals surface area contributed by atoms with Gasteiger partial charge in [-0.15, -0.1) is 0 Å². The van der Waals surface area contributed by atoms with Gasteiger partial charge in [-0.25, -0.2) is 0 Å². The van der Waals surface area contributed by atoms with Crippen molar-refractivity contribution in [3.63, 3.8) is 0 Å². The summed E-state index contributed by atoms with van der Waals surface area (Å²) in [5.74, 6) is 0.00792. The molecule has 3 N–H and O–H groups in total. The Labute approximate surface area is 102 Å². The highest BCUT2D eigenvalue weighted by atomic mass is 16.1. The third-order valence-electron chi connectivity index (χ3n) is 3.52. The number of nitrogens with two attached hydrogens (primary N) is 1. The second kappa shape index (κ2) is 4.88. The lowest BCUT2D eigenvalue weighted by molar-refractivity contribution is 0.0934. The van der Waals surface area contributed by atoms with Crippen LogP contribution in [0.5, 0.6) is 0 Å². The van der Waals surface area contributed by atoms with Crippen molar-refractivity contribution in [2.75, 3.05) is 0 Å². The van der Waals surface area contributed by atoms with Crippen molar-refractivity contribution in [2.24, 2.45) is 5.73 Å². The number of benzene rings is 1. The van der Waals surface area contributed by atoms with Crippen LogP contribution in [0.15, 0.2) is 18.2 Å². The standard InChI is InChI=1S/C14H20N2O/c1-9-6-7-10(2)11(8-9)14(17)16-13-5-3-4-12(13)15/h6-8,12-13H,3-5,15H2,1-2H3,(H,16,17). The molecule has 2 unspecified atom stereocenters. The lowest BCUT2D eigenvalue weighted by atomic mass is 10.0. The molecule has 0 radical (unpaired) electrons. The number of nitrogens with one attached hydrogen (secondary N) is 1. The molecule has 1 saturated carbocycles. The van der Waals surface area contributed by atoms with Gasteiger partial charge in [-0.2, -0.15) is 0 Å². The van der Waals surface area contributed by atoms with Gasteiger partial charge in [-0.05, 0) is 44.7 Å². The van der Waals surface area contributed by atoms with Gasteiger partial charge >= 0.3 is 0 Å². The fourth-order valence-electron chi connectivity index (χ4n) is 2.39. The van der Waals surface area contributed by atoms with Gasteiger partial charge in [0, 0.05) is 17.6 Å². The zero-order valence-electron chi connectivity index (χ0n) is 10.5. The van der Waals surface area contributed by atoms with Crippen molar-refractivity contribution < 1.29 is 4.79 Å². The molecule has 1 aliphatic carbocycles. The molecule has 3 nitrogen and oxygen atoms in total. The molecule has 1 aliphatic rings. The molecule has 0 bridgehead atoms. The number of carbonyl (C=O) groups excluding carboxylic acids is 1. The van der Waals surface area contributed by atoms with Crippen LogP contribution >= 0.6 is 0 Å². The van der Waals surface area contributed by atoms with Crippen LogP contribution in [-0.4, -0.2) is 18.0 Å². The van der Waals surface area contributed by atoms with E-state index in [0.717, 1.165) is 36.0 Å². The van der Waals surface area contributed by atoms with Gasteiger partial charge in [0.05, 0.1) is 0 Å². The molecule has 1 fully saturated rings. The number of carbonyl (C=O) groups is 1. The van der Waals surface area contributed by atoms with E-state index >= 15 is 0 Å². The Morgan fingerprint density at radius 3 is 2.76 bits per heavy atom. The van der Waals surface area contributed by atoms with Gasteiger partial charge in [0.25, 0.3) is 5.91 Å². The largest absolute Gasteiger partial charge is 0.348 e. The van der Waals surface area contributed by atoms with E-state index in [4.69, 9.17) is 5.73 Å². The van der Waals surface area contributed by atoms with Crippen LogP contribution in [0.3, 0.4) is 0 Å². The van der Waals surface area contributed by atoms with Crippen LogP contribution in [-0.2, 0) is 0 Å². The quantitative estimate of drug-likeness (QED) is 0.818. The number of hydrogen-bond donors (Lipinski definition) is 2. The topological polar surface area (TPSA) is 55.1 Å². The maximum absolute atomic E-state index is 12.2. The van der Waals surface area contributed by atoms with E-state index in [1.165, 1.54) is 0 Å². The van der Waals surface area contributed by atoms with Gasteiger partial charge in [-0.3, -0.25) is 4.79 Å². The van der Waals surface area contributed by atoms with E-state index in [9.17, 15) is 4.79 Å². The Bertz CT molecular complexity index is 428. The van der Waals surface area contributed by atoms with Crippen LogP contribution in [0.1, 0.15) is 40.7 Å². The van der Waals surface area contributed by atoms with E-state index in [0.29, 0.717) is 0 Å². The molecular formula is C14H20N2O. The summed E-state index contributed by atoms with van der Waals surface area (Å²) in [6, 6.07) is 6.20. The normalized spacial score (nSPS) is 23.7. The molecule has 2 atom stereocenters. The molecule has 0 saturated heterocycles. The van der Waals surface area contributed by atoms with Crippen molar-refractivity contribution in [3.8, 4) is 0 Å². The van der Waals surface area contributed by atoms with Gasteiger partial charge < -0.3 is 11.1 Å². The Balaban J connectivity index is 2.11. The molecule has 0 heterocycles. The van der Waals surface area contributed by atoms with E-state index in [2.05, 4.69) is 5.32 Å². The average molecular weight is 232 g/mol. The lowest BCUT2D eigenvalue weighted by Crippen LogP contribution is -2.44. The maximum atomic E-state index is 12.2. The van der Waals surface area contributed by atoms with E-state index in [1.54, 1.807) is 0 Å². The highest BCUT2D eigenvalue weighted by molar-refractivity contribution is 5.96. The first-order chi connectivity index (χ1) is 8.08. The minimum atomic E-state index is 0.00792. The molecule has 17 heavy (non-hydrogen) atoms. The first kappa shape index (κ1) is 12.1. The van der Waals surface area contributed by atoms with Crippen molar-refractivity contribution in [2.45, 2.75) is 45.2 Å². The smallest absolute Gasteiger partial charge is 0.251 e. The highest BCUT2D eigenvalue weighted by Crippen LogP contribution is 2.18. The summed E-state index contributed by atoms with van der Waals surface area (Å²) in [7, 11) is 0. The predicted octanol–water partition coefficient (Wildman–Crippen LogP) is 1.91. The molecule has 0 aliphatic heterocycles. The third kappa shape index (κ3) is 2.67. The van der Waals surface area contributed by atoms with E-state index in [-0.39, 0.29) is 18.0 Å². The number of hydrogen-bond acceptors (Lipinski definition) is 2. The predicted molar refractivity (Wildman–Crippen MR) is 69.0 cm³/mol. The second-order valence-electron chi connectivity index (χ2n) is 4.99. The number of aryl methyl sites for hydroxylation is 2. The molecule has 1 amide bonds. The minimum Gasteiger partial charge on any atom is -0.348 e. The summed E-state index contributed by atoms with van der Waals surface area (Å²) in [6.45, 7) is 3.96. The summed E-state index contributed by atoms with van der Waals surface area (Å²) in [4.78, 5) is 12.2. The summed E-state index contributed by atoms with van der Waals surface area (Å²) < 4.78 is 0. The maximum Gasteiger partial charge on any atom is 0.251 e. The van der Waals surface area contributed by atoms with Crippen molar-refractivity contribution in [3.05, 3.63) is 34.9 Å². The minimum absolute atomic E-state index is 0.00792. The summed E-state index contributed by atoms with van der Waals surface area (Å²) in [5, 5.41) is 3.05. The molecule has 0 spiro atoms. The summed E-state index contributed by atoms with van der Waals surface area (Å²) >= 11 is 0. The number of amides is 1. The Hall–Kier alpha value is -1.35. The van der Waals surface area contributed by atoms with Crippen LogP contribution in [0.4, 0.5) is 0 Å². The zero-order chi connectivity index (χ0) is 12.4. The van der Waals surface area contributed by atoms with Crippen molar-refractivity contribution in [1.29, 1.82) is 0 Å². The van der Waals surface area contributed by atoms with Gasteiger partial charge in [0.1, 0.15) is 0 Å². The highest BCUT2D eigenvalue weighted by Gasteiger charge is 2.25. The Morgan fingerprint density at radius 2 is 2.12 bits per heavy atom. The first-order valence-electron chi connectivity index (χ1n) is 6.21.